The van der Waals surface area contributed by atoms with Crippen LogP contribution >= 0.6 is 24.8 Å². The number of aromatic nitrogens is 1. The van der Waals surface area contributed by atoms with E-state index in [-0.39, 0.29) is 30.7 Å². The van der Waals surface area contributed by atoms with Crippen molar-refractivity contribution >= 4 is 36.4 Å². The molecule has 1 aromatic heterocycles. The Morgan fingerprint density at radius 1 is 1.30 bits per heavy atom. The van der Waals surface area contributed by atoms with Gasteiger partial charge in [-0.25, -0.2) is 0 Å². The van der Waals surface area contributed by atoms with Crippen molar-refractivity contribution < 1.29 is 4.79 Å². The summed E-state index contributed by atoms with van der Waals surface area (Å²) in [6, 6.07) is 1.64. The molecule has 0 aliphatic carbocycles. The lowest BCUT2D eigenvalue weighted by Crippen LogP contribution is -2.37. The summed E-state index contributed by atoms with van der Waals surface area (Å²) in [6.45, 7) is 3.86. The number of nitrogens with zero attached hydrogens (tertiary/aromatic N) is 2. The number of halogens is 2. The van der Waals surface area contributed by atoms with Crippen molar-refractivity contribution in [3.63, 3.8) is 0 Å². The zero-order chi connectivity index (χ0) is 12.8. The Hall–Kier alpha value is -1.04. The number of rotatable bonds is 4. The molecule has 2 rings (SSSR count). The van der Waals surface area contributed by atoms with E-state index in [1.165, 1.54) is 25.5 Å². The van der Waals surface area contributed by atoms with Gasteiger partial charge in [-0.05, 0) is 32.0 Å². The molecule has 1 aliphatic rings. The van der Waals surface area contributed by atoms with E-state index in [1.807, 2.05) is 0 Å². The molecule has 0 unspecified atom stereocenters. The maximum atomic E-state index is 11.9. The molecule has 1 aromatic rings. The van der Waals surface area contributed by atoms with Gasteiger partial charge in [-0.15, -0.1) is 24.8 Å². The molecule has 0 atom stereocenters. The van der Waals surface area contributed by atoms with E-state index in [0.717, 1.165) is 19.6 Å². The van der Waals surface area contributed by atoms with Gasteiger partial charge in [-0.1, -0.05) is 6.42 Å². The summed E-state index contributed by atoms with van der Waals surface area (Å²) in [4.78, 5) is 18.2. The smallest absolute Gasteiger partial charge is 0.254 e. The molecule has 1 amide bonds. The SMILES string of the molecule is Cl.Cl.Nc1ccncc1C(=O)NCCN1CCCCC1. The Bertz CT molecular complexity index is 411. The Morgan fingerprint density at radius 2 is 2.00 bits per heavy atom. The molecular weight excluding hydrogens is 299 g/mol. The van der Waals surface area contributed by atoms with Crippen molar-refractivity contribution in [1.29, 1.82) is 0 Å². The normalized spacial score (nSPS) is 14.8. The highest BCUT2D eigenvalue weighted by Gasteiger charge is 2.11. The van der Waals surface area contributed by atoms with Crippen LogP contribution in [0.4, 0.5) is 5.69 Å². The molecule has 5 nitrogen and oxygen atoms in total. The van der Waals surface area contributed by atoms with Crippen LogP contribution in [0.15, 0.2) is 18.5 Å². The van der Waals surface area contributed by atoms with Crippen LogP contribution in [0.5, 0.6) is 0 Å². The lowest BCUT2D eigenvalue weighted by Gasteiger charge is -2.26. The first-order valence-electron chi connectivity index (χ1n) is 6.47. The number of likely N-dealkylation sites (tertiary alicyclic amines) is 1. The third-order valence-corrected chi connectivity index (χ3v) is 3.26. The standard InChI is InChI=1S/C13H20N4O.2ClH/c14-12-4-5-15-10-11(12)13(18)16-6-9-17-7-2-1-3-8-17;;/h4-5,10H,1-3,6-9H2,(H2,14,15)(H,16,18);2*1H. The number of hydrogen-bond acceptors (Lipinski definition) is 4. The zero-order valence-electron chi connectivity index (χ0n) is 11.4. The average molecular weight is 321 g/mol. The van der Waals surface area contributed by atoms with Gasteiger partial charge in [0.15, 0.2) is 0 Å². The van der Waals surface area contributed by atoms with E-state index < -0.39 is 0 Å². The maximum Gasteiger partial charge on any atom is 0.254 e. The monoisotopic (exact) mass is 320 g/mol. The van der Waals surface area contributed by atoms with Crippen LogP contribution in [0.2, 0.25) is 0 Å². The molecular formula is C13H22Cl2N4O. The second-order valence-electron chi connectivity index (χ2n) is 4.62. The van der Waals surface area contributed by atoms with Crippen molar-refractivity contribution in [1.82, 2.24) is 15.2 Å². The van der Waals surface area contributed by atoms with Crippen LogP contribution < -0.4 is 11.1 Å². The number of nitrogen functional groups attached to an aromatic ring is 1. The van der Waals surface area contributed by atoms with E-state index in [2.05, 4.69) is 15.2 Å². The third kappa shape index (κ3) is 5.53. The largest absolute Gasteiger partial charge is 0.398 e. The molecule has 3 N–H and O–H groups in total. The van der Waals surface area contributed by atoms with Gasteiger partial charge in [-0.3, -0.25) is 9.78 Å². The fourth-order valence-corrected chi connectivity index (χ4v) is 2.20. The Labute approximate surface area is 132 Å². The van der Waals surface area contributed by atoms with Gasteiger partial charge in [0, 0.05) is 31.2 Å². The molecule has 1 saturated heterocycles. The Morgan fingerprint density at radius 3 is 2.65 bits per heavy atom. The van der Waals surface area contributed by atoms with Crippen LogP contribution in [0.1, 0.15) is 29.6 Å². The predicted molar refractivity (Wildman–Crippen MR) is 85.8 cm³/mol. The van der Waals surface area contributed by atoms with Crippen molar-refractivity contribution in [2.24, 2.45) is 0 Å². The van der Waals surface area contributed by atoms with Crippen LogP contribution in [-0.2, 0) is 0 Å². The second kappa shape index (κ2) is 9.80. The minimum Gasteiger partial charge on any atom is -0.398 e. The lowest BCUT2D eigenvalue weighted by atomic mass is 10.1. The fourth-order valence-electron chi connectivity index (χ4n) is 2.20. The van der Waals surface area contributed by atoms with Gasteiger partial charge in [0.1, 0.15) is 0 Å². The summed E-state index contributed by atoms with van der Waals surface area (Å²) in [5.74, 6) is -0.141. The summed E-state index contributed by atoms with van der Waals surface area (Å²) < 4.78 is 0. The molecule has 20 heavy (non-hydrogen) atoms. The number of hydrogen-bond donors (Lipinski definition) is 2. The van der Waals surface area contributed by atoms with Crippen molar-refractivity contribution in [3.05, 3.63) is 24.0 Å². The second-order valence-corrected chi connectivity index (χ2v) is 4.62. The number of piperidine rings is 1. The highest BCUT2D eigenvalue weighted by atomic mass is 35.5. The molecule has 0 bridgehead atoms. The Balaban J connectivity index is 0.00000180. The topological polar surface area (TPSA) is 71.2 Å². The van der Waals surface area contributed by atoms with E-state index in [9.17, 15) is 4.79 Å². The summed E-state index contributed by atoms with van der Waals surface area (Å²) in [7, 11) is 0. The minimum atomic E-state index is -0.141. The van der Waals surface area contributed by atoms with Crippen molar-refractivity contribution in [3.8, 4) is 0 Å². The highest BCUT2D eigenvalue weighted by molar-refractivity contribution is 5.98. The van der Waals surface area contributed by atoms with Gasteiger partial charge in [0.25, 0.3) is 5.91 Å². The van der Waals surface area contributed by atoms with Gasteiger partial charge < -0.3 is 16.0 Å². The molecule has 0 radical (unpaired) electrons. The minimum absolute atomic E-state index is 0. The number of carbonyl (C=O) groups is 1. The van der Waals surface area contributed by atoms with E-state index in [1.54, 1.807) is 12.3 Å². The van der Waals surface area contributed by atoms with E-state index in [4.69, 9.17) is 5.73 Å². The molecule has 0 spiro atoms. The number of amides is 1. The quantitative estimate of drug-likeness (QED) is 0.886. The zero-order valence-corrected chi connectivity index (χ0v) is 13.0. The summed E-state index contributed by atoms with van der Waals surface area (Å²) >= 11 is 0. The molecule has 0 saturated carbocycles. The number of nitrogens with two attached hydrogens (primary N) is 1. The predicted octanol–water partition coefficient (Wildman–Crippen LogP) is 1.72. The molecule has 114 valence electrons. The van der Waals surface area contributed by atoms with E-state index in [0.29, 0.717) is 17.8 Å². The van der Waals surface area contributed by atoms with Crippen molar-refractivity contribution in [2.75, 3.05) is 31.9 Å². The van der Waals surface area contributed by atoms with Gasteiger partial charge in [0.2, 0.25) is 0 Å². The summed E-state index contributed by atoms with van der Waals surface area (Å²) in [5, 5.41) is 2.89. The van der Waals surface area contributed by atoms with Crippen LogP contribution in [0, 0.1) is 0 Å². The van der Waals surface area contributed by atoms with Crippen LogP contribution in [0.3, 0.4) is 0 Å². The van der Waals surface area contributed by atoms with E-state index >= 15 is 0 Å². The first-order valence-corrected chi connectivity index (χ1v) is 6.47. The Kier molecular flexibility index (Phi) is 9.29. The number of pyridine rings is 1. The first kappa shape index (κ1) is 19.0. The maximum absolute atomic E-state index is 11.9. The third-order valence-electron chi connectivity index (χ3n) is 3.26. The van der Waals surface area contributed by atoms with Crippen molar-refractivity contribution in [2.45, 2.75) is 19.3 Å². The highest BCUT2D eigenvalue weighted by Crippen LogP contribution is 2.09. The van der Waals surface area contributed by atoms with Gasteiger partial charge >= 0.3 is 0 Å². The molecule has 1 aliphatic heterocycles. The number of nitrogens with one attached hydrogen (secondary N) is 1. The molecule has 7 heteroatoms. The lowest BCUT2D eigenvalue weighted by molar-refractivity contribution is 0.0947. The molecule has 1 fully saturated rings. The van der Waals surface area contributed by atoms with Crippen LogP contribution in [-0.4, -0.2) is 42.0 Å². The number of carbonyl (C=O) groups excluding carboxylic acids is 1. The first-order chi connectivity index (χ1) is 8.77. The number of anilines is 1. The summed E-state index contributed by atoms with van der Waals surface area (Å²) in [5.41, 5.74) is 6.65. The molecule has 2 heterocycles. The van der Waals surface area contributed by atoms with Crippen LogP contribution in [0.25, 0.3) is 0 Å². The summed E-state index contributed by atoms with van der Waals surface area (Å²) in [6.07, 6.45) is 6.95. The fraction of sp³-hybridized carbons (Fsp3) is 0.538. The molecule has 0 aromatic carbocycles. The van der Waals surface area contributed by atoms with Gasteiger partial charge in [0.05, 0.1) is 5.56 Å². The average Bonchev–Trinajstić information content (AvgIpc) is 2.40. The van der Waals surface area contributed by atoms with Gasteiger partial charge in [-0.2, -0.15) is 0 Å².